The Hall–Kier alpha value is -2.61. The fraction of sp³-hybridized carbons (Fsp3) is 0.609. The number of hydrogen-bond acceptors (Lipinski definition) is 5. The molecule has 1 saturated heterocycles. The highest BCUT2D eigenvalue weighted by molar-refractivity contribution is 5.80. The Morgan fingerprint density at radius 1 is 1.39 bits per heavy atom. The normalized spacial score (nSPS) is 18.3. The van der Waals surface area contributed by atoms with Gasteiger partial charge in [-0.1, -0.05) is 13.8 Å². The molecule has 3 rings (SSSR count). The Bertz CT molecular complexity index is 850. The van der Waals surface area contributed by atoms with Crippen molar-refractivity contribution in [2.45, 2.75) is 52.9 Å². The summed E-state index contributed by atoms with van der Waals surface area (Å²) in [6.45, 7) is 12.2. The van der Waals surface area contributed by atoms with Crippen molar-refractivity contribution in [3.63, 3.8) is 0 Å². The van der Waals surface area contributed by atoms with Crippen molar-refractivity contribution in [1.82, 2.24) is 25.0 Å². The van der Waals surface area contributed by atoms with Crippen LogP contribution in [0.5, 0.6) is 5.88 Å². The van der Waals surface area contributed by atoms with E-state index in [4.69, 9.17) is 14.5 Å². The van der Waals surface area contributed by atoms with Gasteiger partial charge in [0.25, 0.3) is 0 Å². The number of aryl methyl sites for hydroxylation is 1. The smallest absolute Gasteiger partial charge is 0.213 e. The highest BCUT2D eigenvalue weighted by Crippen LogP contribution is 2.22. The number of guanidine groups is 1. The minimum atomic E-state index is -0.00493. The molecule has 2 aromatic heterocycles. The second kappa shape index (κ2) is 11.1. The molecule has 2 unspecified atom stereocenters. The third-order valence-corrected chi connectivity index (χ3v) is 5.13. The summed E-state index contributed by atoms with van der Waals surface area (Å²) in [7, 11) is 1.92. The van der Waals surface area contributed by atoms with Crippen LogP contribution >= 0.6 is 0 Å². The van der Waals surface area contributed by atoms with E-state index in [1.54, 1.807) is 6.20 Å². The summed E-state index contributed by atoms with van der Waals surface area (Å²) in [4.78, 5) is 11.5. The van der Waals surface area contributed by atoms with Gasteiger partial charge in [-0.25, -0.2) is 9.98 Å². The van der Waals surface area contributed by atoms with Crippen molar-refractivity contribution in [2.75, 3.05) is 26.2 Å². The topological polar surface area (TPSA) is 76.8 Å². The van der Waals surface area contributed by atoms with Crippen LogP contribution in [0.25, 0.3) is 0 Å². The summed E-state index contributed by atoms with van der Waals surface area (Å²) in [6, 6.07) is 3.98. The molecule has 170 valence electrons. The number of nitrogens with zero attached hydrogens (tertiary/aromatic N) is 5. The van der Waals surface area contributed by atoms with Crippen molar-refractivity contribution < 1.29 is 9.47 Å². The Balaban J connectivity index is 1.66. The van der Waals surface area contributed by atoms with E-state index in [2.05, 4.69) is 48.0 Å². The van der Waals surface area contributed by atoms with Crippen LogP contribution in [0.15, 0.2) is 35.7 Å². The van der Waals surface area contributed by atoms with Gasteiger partial charge in [0.15, 0.2) is 5.96 Å². The van der Waals surface area contributed by atoms with E-state index in [1.807, 2.05) is 36.3 Å². The SMILES string of the molecule is CCNC(=NCc1ccnc(OC(C)CC(C)C)c1)N1CCOC(c2cnn(C)c2)C1. The van der Waals surface area contributed by atoms with Gasteiger partial charge in [0.2, 0.25) is 5.88 Å². The predicted molar refractivity (Wildman–Crippen MR) is 122 cm³/mol. The first-order chi connectivity index (χ1) is 14.9. The summed E-state index contributed by atoms with van der Waals surface area (Å²) in [5.74, 6) is 2.15. The van der Waals surface area contributed by atoms with Crippen molar-refractivity contribution in [2.24, 2.45) is 18.0 Å². The number of morpholine rings is 1. The second-order valence-corrected chi connectivity index (χ2v) is 8.48. The van der Waals surface area contributed by atoms with E-state index in [9.17, 15) is 0 Å². The molecule has 1 aliphatic heterocycles. The van der Waals surface area contributed by atoms with Crippen LogP contribution in [0.2, 0.25) is 0 Å². The van der Waals surface area contributed by atoms with Gasteiger partial charge in [0.05, 0.1) is 32.0 Å². The molecule has 8 heteroatoms. The molecule has 2 atom stereocenters. The first-order valence-corrected chi connectivity index (χ1v) is 11.2. The zero-order chi connectivity index (χ0) is 22.2. The van der Waals surface area contributed by atoms with Crippen molar-refractivity contribution in [3.8, 4) is 5.88 Å². The van der Waals surface area contributed by atoms with Crippen LogP contribution < -0.4 is 10.1 Å². The van der Waals surface area contributed by atoms with Gasteiger partial charge in [0.1, 0.15) is 6.10 Å². The van der Waals surface area contributed by atoms with Gasteiger partial charge in [0, 0.05) is 44.2 Å². The third kappa shape index (κ3) is 6.95. The second-order valence-electron chi connectivity index (χ2n) is 8.48. The van der Waals surface area contributed by atoms with Crippen LogP contribution in [0.1, 0.15) is 51.3 Å². The average Bonchev–Trinajstić information content (AvgIpc) is 3.17. The molecule has 1 aliphatic rings. The van der Waals surface area contributed by atoms with E-state index < -0.39 is 0 Å². The minimum Gasteiger partial charge on any atom is -0.475 e. The van der Waals surface area contributed by atoms with Crippen LogP contribution in [0.4, 0.5) is 0 Å². The van der Waals surface area contributed by atoms with Crippen LogP contribution in [-0.4, -0.2) is 58.0 Å². The van der Waals surface area contributed by atoms with E-state index in [0.29, 0.717) is 24.9 Å². The van der Waals surface area contributed by atoms with Crippen molar-refractivity contribution >= 4 is 5.96 Å². The molecule has 1 N–H and O–H groups in total. The average molecular weight is 429 g/mol. The molecule has 3 heterocycles. The number of aromatic nitrogens is 3. The monoisotopic (exact) mass is 428 g/mol. The molecule has 0 saturated carbocycles. The summed E-state index contributed by atoms with van der Waals surface area (Å²) in [6.07, 6.45) is 6.82. The highest BCUT2D eigenvalue weighted by Gasteiger charge is 2.25. The lowest BCUT2D eigenvalue weighted by Gasteiger charge is -2.34. The molecule has 0 aromatic carbocycles. The Kier molecular flexibility index (Phi) is 8.28. The molecule has 0 amide bonds. The Labute approximate surface area is 185 Å². The lowest BCUT2D eigenvalue weighted by atomic mass is 10.1. The fourth-order valence-electron chi connectivity index (χ4n) is 3.77. The molecule has 0 radical (unpaired) electrons. The fourth-order valence-corrected chi connectivity index (χ4v) is 3.77. The lowest BCUT2D eigenvalue weighted by molar-refractivity contribution is -0.00805. The van der Waals surface area contributed by atoms with Crippen LogP contribution in [0.3, 0.4) is 0 Å². The maximum atomic E-state index is 5.99. The Morgan fingerprint density at radius 2 is 2.23 bits per heavy atom. The molecule has 1 fully saturated rings. The number of pyridine rings is 1. The molecule has 2 aromatic rings. The van der Waals surface area contributed by atoms with Gasteiger partial charge >= 0.3 is 0 Å². The first-order valence-electron chi connectivity index (χ1n) is 11.2. The largest absolute Gasteiger partial charge is 0.475 e. The molecule has 8 nitrogen and oxygen atoms in total. The van der Waals surface area contributed by atoms with Gasteiger partial charge in [-0.2, -0.15) is 5.10 Å². The molecule has 31 heavy (non-hydrogen) atoms. The summed E-state index contributed by atoms with van der Waals surface area (Å²) in [5.41, 5.74) is 2.17. The summed E-state index contributed by atoms with van der Waals surface area (Å²) in [5, 5.41) is 7.69. The lowest BCUT2D eigenvalue weighted by Crippen LogP contribution is -2.48. The molecular formula is C23H36N6O2. The third-order valence-electron chi connectivity index (χ3n) is 5.13. The number of aliphatic imine (C=N–C) groups is 1. The van der Waals surface area contributed by atoms with Crippen molar-refractivity contribution in [1.29, 1.82) is 0 Å². The zero-order valence-electron chi connectivity index (χ0n) is 19.4. The van der Waals surface area contributed by atoms with Crippen molar-refractivity contribution in [3.05, 3.63) is 41.9 Å². The molecular weight excluding hydrogens is 392 g/mol. The number of rotatable bonds is 8. The van der Waals surface area contributed by atoms with Gasteiger partial charge in [-0.3, -0.25) is 4.68 Å². The highest BCUT2D eigenvalue weighted by atomic mass is 16.5. The van der Waals surface area contributed by atoms with E-state index in [-0.39, 0.29) is 12.2 Å². The van der Waals surface area contributed by atoms with Crippen LogP contribution in [0, 0.1) is 5.92 Å². The quantitative estimate of drug-likeness (QED) is 0.514. The minimum absolute atomic E-state index is 0.00493. The molecule has 0 spiro atoms. The summed E-state index contributed by atoms with van der Waals surface area (Å²) >= 11 is 0. The maximum absolute atomic E-state index is 5.99. The van der Waals surface area contributed by atoms with E-state index >= 15 is 0 Å². The molecule has 0 aliphatic carbocycles. The first kappa shape index (κ1) is 23.1. The predicted octanol–water partition coefficient (Wildman–Crippen LogP) is 3.17. The number of ether oxygens (including phenoxy) is 2. The number of hydrogen-bond donors (Lipinski definition) is 1. The molecule has 0 bridgehead atoms. The van der Waals surface area contributed by atoms with Crippen LogP contribution in [-0.2, 0) is 18.3 Å². The van der Waals surface area contributed by atoms with Gasteiger partial charge in [-0.05, 0) is 37.8 Å². The van der Waals surface area contributed by atoms with Gasteiger partial charge in [-0.15, -0.1) is 0 Å². The zero-order valence-corrected chi connectivity index (χ0v) is 19.4. The number of nitrogens with one attached hydrogen (secondary N) is 1. The van der Waals surface area contributed by atoms with Gasteiger partial charge < -0.3 is 19.7 Å². The Morgan fingerprint density at radius 3 is 2.94 bits per heavy atom. The maximum Gasteiger partial charge on any atom is 0.213 e. The van der Waals surface area contributed by atoms with E-state index in [1.165, 1.54) is 0 Å². The summed E-state index contributed by atoms with van der Waals surface area (Å²) < 4.78 is 13.8. The van der Waals surface area contributed by atoms with E-state index in [0.717, 1.165) is 43.1 Å². The standard InChI is InChI=1S/C23H36N6O2/c1-6-24-23(29-9-10-30-21(16-29)20-14-27-28(5)15-20)26-13-19-7-8-25-22(12-19)31-18(4)11-17(2)3/h7-8,12,14-15,17-18,21H,6,9-11,13,16H2,1-5H3,(H,24,26).